The lowest BCUT2D eigenvalue weighted by atomic mass is 10.1. The fraction of sp³-hybridized carbons (Fsp3) is 0.231. The van der Waals surface area contributed by atoms with Gasteiger partial charge in [-0.05, 0) is 12.7 Å². The molecule has 0 saturated carbocycles. The topological polar surface area (TPSA) is 87.6 Å². The SMILES string of the molecule is CCCC(Oc1cc(OC)cc2oc(-c3cn4nc(SC)sc4n3)nc12)c1csc(-c2ccccc2)n1. The van der Waals surface area contributed by atoms with E-state index in [1.165, 1.54) is 11.3 Å². The lowest BCUT2D eigenvalue weighted by Crippen LogP contribution is -2.08. The zero-order valence-electron chi connectivity index (χ0n) is 20.4. The summed E-state index contributed by atoms with van der Waals surface area (Å²) in [6, 6.07) is 13.8. The smallest absolute Gasteiger partial charge is 0.248 e. The van der Waals surface area contributed by atoms with Gasteiger partial charge in [-0.2, -0.15) is 0 Å². The zero-order valence-corrected chi connectivity index (χ0v) is 22.8. The van der Waals surface area contributed by atoms with Gasteiger partial charge in [0, 0.05) is 23.1 Å². The fourth-order valence-electron chi connectivity index (χ4n) is 3.99. The van der Waals surface area contributed by atoms with Crippen LogP contribution in [-0.4, -0.2) is 37.9 Å². The van der Waals surface area contributed by atoms with E-state index in [9.17, 15) is 0 Å². The number of hydrogen-bond donors (Lipinski definition) is 0. The number of imidazole rings is 1. The van der Waals surface area contributed by atoms with Gasteiger partial charge in [-0.1, -0.05) is 66.8 Å². The Hall–Kier alpha value is -3.41. The summed E-state index contributed by atoms with van der Waals surface area (Å²) in [7, 11) is 1.62. The summed E-state index contributed by atoms with van der Waals surface area (Å²) in [6.07, 6.45) is 5.34. The van der Waals surface area contributed by atoms with Gasteiger partial charge < -0.3 is 13.9 Å². The molecule has 0 N–H and O–H groups in total. The molecule has 0 fully saturated rings. The molecular weight excluding hydrogens is 527 g/mol. The number of ether oxygens (including phenoxy) is 2. The van der Waals surface area contributed by atoms with Gasteiger partial charge in [0.2, 0.25) is 10.9 Å². The van der Waals surface area contributed by atoms with Crippen LogP contribution < -0.4 is 9.47 Å². The molecule has 1 unspecified atom stereocenters. The number of nitrogens with zero attached hydrogens (tertiary/aromatic N) is 5. The van der Waals surface area contributed by atoms with Crippen LogP contribution >= 0.6 is 34.4 Å². The second kappa shape index (κ2) is 10.2. The van der Waals surface area contributed by atoms with Crippen LogP contribution in [0.25, 0.3) is 38.2 Å². The predicted octanol–water partition coefficient (Wildman–Crippen LogP) is 7.37. The normalized spacial score (nSPS) is 12.4. The quantitative estimate of drug-likeness (QED) is 0.173. The zero-order chi connectivity index (χ0) is 25.4. The van der Waals surface area contributed by atoms with Crippen molar-refractivity contribution in [1.82, 2.24) is 24.6 Å². The van der Waals surface area contributed by atoms with Crippen molar-refractivity contribution in [1.29, 1.82) is 0 Å². The maximum atomic E-state index is 6.57. The van der Waals surface area contributed by atoms with E-state index < -0.39 is 0 Å². The van der Waals surface area contributed by atoms with Crippen LogP contribution in [0.3, 0.4) is 0 Å². The second-order valence-electron chi connectivity index (χ2n) is 8.26. The minimum atomic E-state index is -0.235. The first-order valence-corrected chi connectivity index (χ1v) is 14.6. The van der Waals surface area contributed by atoms with Gasteiger partial charge >= 0.3 is 0 Å². The molecule has 0 aliphatic rings. The van der Waals surface area contributed by atoms with Crippen molar-refractivity contribution >= 4 is 50.5 Å². The largest absolute Gasteiger partial charge is 0.496 e. The lowest BCUT2D eigenvalue weighted by molar-refractivity contribution is 0.191. The third-order valence-corrected chi connectivity index (χ3v) is 8.59. The van der Waals surface area contributed by atoms with Gasteiger partial charge in [0.25, 0.3) is 0 Å². The number of thioether (sulfide) groups is 1. The highest BCUT2D eigenvalue weighted by Crippen LogP contribution is 2.38. The molecule has 8 nitrogen and oxygen atoms in total. The molecule has 0 aliphatic carbocycles. The highest BCUT2D eigenvalue weighted by atomic mass is 32.2. The minimum absolute atomic E-state index is 0.235. The van der Waals surface area contributed by atoms with Crippen molar-refractivity contribution < 1.29 is 13.9 Å². The molecule has 188 valence electrons. The number of thiazole rings is 1. The first-order chi connectivity index (χ1) is 18.1. The molecule has 11 heteroatoms. The van der Waals surface area contributed by atoms with Crippen molar-refractivity contribution in [3.63, 3.8) is 0 Å². The van der Waals surface area contributed by atoms with Crippen LogP contribution in [0.5, 0.6) is 11.5 Å². The molecule has 37 heavy (non-hydrogen) atoms. The molecule has 0 radical (unpaired) electrons. The number of aromatic nitrogens is 5. The van der Waals surface area contributed by atoms with E-state index in [1.54, 1.807) is 34.7 Å². The van der Waals surface area contributed by atoms with Crippen LogP contribution in [0.4, 0.5) is 0 Å². The van der Waals surface area contributed by atoms with Gasteiger partial charge in [-0.15, -0.1) is 16.4 Å². The Morgan fingerprint density at radius 1 is 1.14 bits per heavy atom. The van der Waals surface area contributed by atoms with Gasteiger partial charge in [-0.3, -0.25) is 0 Å². The van der Waals surface area contributed by atoms with E-state index in [-0.39, 0.29) is 6.10 Å². The molecule has 4 heterocycles. The average molecular weight is 550 g/mol. The van der Waals surface area contributed by atoms with Crippen molar-refractivity contribution in [2.75, 3.05) is 13.4 Å². The Kier molecular flexibility index (Phi) is 6.58. The third kappa shape index (κ3) is 4.70. The Balaban J connectivity index is 1.36. The van der Waals surface area contributed by atoms with Crippen LogP contribution in [0, 0.1) is 0 Å². The van der Waals surface area contributed by atoms with Crippen molar-refractivity contribution in [2.24, 2.45) is 0 Å². The fourth-order valence-corrected chi connectivity index (χ4v) is 6.20. The molecule has 2 aromatic carbocycles. The van der Waals surface area contributed by atoms with Gasteiger partial charge in [-0.25, -0.2) is 19.5 Å². The number of oxazole rings is 1. The summed E-state index contributed by atoms with van der Waals surface area (Å²) in [5.74, 6) is 1.62. The molecule has 1 atom stereocenters. The van der Waals surface area contributed by atoms with Crippen LogP contribution in [0.1, 0.15) is 31.6 Å². The Bertz CT molecular complexity index is 1640. The summed E-state index contributed by atoms with van der Waals surface area (Å²) < 4.78 is 20.9. The number of hydrogen-bond acceptors (Lipinski definition) is 10. The highest BCUT2D eigenvalue weighted by Gasteiger charge is 2.22. The van der Waals surface area contributed by atoms with E-state index in [0.717, 1.165) is 38.4 Å². The summed E-state index contributed by atoms with van der Waals surface area (Å²) in [4.78, 5) is 15.1. The summed E-state index contributed by atoms with van der Waals surface area (Å²) in [6.45, 7) is 2.14. The van der Waals surface area contributed by atoms with Gasteiger partial charge in [0.1, 0.15) is 22.6 Å². The first-order valence-electron chi connectivity index (χ1n) is 11.7. The standard InChI is InChI=1S/C26H23N5O3S3/c1-4-8-19(18-14-36-24(27-18)15-9-6-5-7-10-15)33-20-11-16(32-2)12-21-22(20)29-23(34-21)17-13-31-25(28-17)37-26(30-31)35-3/h5-7,9-14,19H,4,8H2,1-3H3. The first kappa shape index (κ1) is 24.0. The van der Waals surface area contributed by atoms with E-state index in [4.69, 9.17) is 23.9 Å². The number of rotatable bonds is 9. The molecule has 4 aromatic heterocycles. The van der Waals surface area contributed by atoms with E-state index >= 15 is 0 Å². The Morgan fingerprint density at radius 2 is 2.00 bits per heavy atom. The van der Waals surface area contributed by atoms with E-state index in [2.05, 4.69) is 34.5 Å². The van der Waals surface area contributed by atoms with Crippen molar-refractivity contribution in [3.8, 4) is 33.7 Å². The van der Waals surface area contributed by atoms with Gasteiger partial charge in [0.15, 0.2) is 21.2 Å². The van der Waals surface area contributed by atoms with Crippen LogP contribution in [-0.2, 0) is 0 Å². The summed E-state index contributed by atoms with van der Waals surface area (Å²) in [5.41, 5.74) is 3.79. The number of fused-ring (bicyclic) bond motifs is 2. The molecule has 0 saturated heterocycles. The number of benzene rings is 2. The average Bonchev–Trinajstić information content (AvgIpc) is 3.71. The maximum absolute atomic E-state index is 6.57. The predicted molar refractivity (Wildman–Crippen MR) is 148 cm³/mol. The summed E-state index contributed by atoms with van der Waals surface area (Å²) in [5, 5.41) is 7.55. The monoisotopic (exact) mass is 549 g/mol. The third-order valence-electron chi connectivity index (χ3n) is 5.78. The van der Waals surface area contributed by atoms with Crippen LogP contribution in [0.15, 0.2) is 62.8 Å². The Labute approximate surface area is 225 Å². The molecule has 0 bridgehead atoms. The second-order valence-corrected chi connectivity index (χ2v) is 11.1. The maximum Gasteiger partial charge on any atom is 0.248 e. The molecule has 6 aromatic rings. The van der Waals surface area contributed by atoms with Gasteiger partial charge in [0.05, 0.1) is 19.0 Å². The lowest BCUT2D eigenvalue weighted by Gasteiger charge is -2.17. The highest BCUT2D eigenvalue weighted by molar-refractivity contribution is 8.00. The van der Waals surface area contributed by atoms with Crippen LogP contribution in [0.2, 0.25) is 0 Å². The van der Waals surface area contributed by atoms with Crippen molar-refractivity contribution in [3.05, 3.63) is 59.7 Å². The molecular formula is C26H23N5O3S3. The molecule has 0 spiro atoms. The van der Waals surface area contributed by atoms with Crippen molar-refractivity contribution in [2.45, 2.75) is 30.2 Å². The Morgan fingerprint density at radius 3 is 2.76 bits per heavy atom. The van der Waals surface area contributed by atoms with E-state index in [1.807, 2.05) is 42.8 Å². The molecule has 0 amide bonds. The minimum Gasteiger partial charge on any atom is -0.496 e. The van der Waals surface area contributed by atoms with E-state index in [0.29, 0.717) is 34.2 Å². The molecule has 6 rings (SSSR count). The summed E-state index contributed by atoms with van der Waals surface area (Å²) >= 11 is 4.73. The number of methoxy groups -OCH3 is 1. The molecule has 0 aliphatic heterocycles.